The van der Waals surface area contributed by atoms with Gasteiger partial charge in [-0.1, -0.05) is 12.1 Å². The predicted octanol–water partition coefficient (Wildman–Crippen LogP) is 1.85. The van der Waals surface area contributed by atoms with Crippen LogP contribution in [0.2, 0.25) is 0 Å². The number of carbonyl (C=O) groups is 1. The third kappa shape index (κ3) is 5.36. The van der Waals surface area contributed by atoms with Gasteiger partial charge >= 0.3 is 0 Å². The van der Waals surface area contributed by atoms with Gasteiger partial charge in [0.25, 0.3) is 5.91 Å². The van der Waals surface area contributed by atoms with Gasteiger partial charge in [0.15, 0.2) is 18.1 Å². The number of pyridine rings is 1. The normalized spacial score (nSPS) is 14.6. The number of anilines is 1. The lowest BCUT2D eigenvalue weighted by molar-refractivity contribution is -0.123. The predicted molar refractivity (Wildman–Crippen MR) is 109 cm³/mol. The lowest BCUT2D eigenvalue weighted by atomic mass is 10.2. The molecule has 0 radical (unpaired) electrons. The van der Waals surface area contributed by atoms with Crippen LogP contribution in [0.25, 0.3) is 0 Å². The number of hydrogen-bond donors (Lipinski definition) is 1. The molecule has 28 heavy (non-hydrogen) atoms. The van der Waals surface area contributed by atoms with Crippen LogP contribution in [0.3, 0.4) is 0 Å². The molecule has 1 N–H and O–H groups in total. The topological polar surface area (TPSA) is 66.9 Å². The van der Waals surface area contributed by atoms with Crippen molar-refractivity contribution < 1.29 is 14.3 Å². The number of ether oxygens (including phenoxy) is 2. The first-order valence-electron chi connectivity index (χ1n) is 9.47. The van der Waals surface area contributed by atoms with Gasteiger partial charge in [-0.15, -0.1) is 0 Å². The van der Waals surface area contributed by atoms with Crippen LogP contribution in [0, 0.1) is 6.92 Å². The van der Waals surface area contributed by atoms with E-state index in [0.29, 0.717) is 18.0 Å². The van der Waals surface area contributed by atoms with Crippen molar-refractivity contribution in [3.8, 4) is 11.5 Å². The van der Waals surface area contributed by atoms with Crippen molar-refractivity contribution >= 4 is 11.7 Å². The third-order valence-electron chi connectivity index (χ3n) is 4.80. The fourth-order valence-corrected chi connectivity index (χ4v) is 3.03. The van der Waals surface area contributed by atoms with Crippen molar-refractivity contribution in [2.45, 2.75) is 13.5 Å². The Morgan fingerprint density at radius 1 is 1.14 bits per heavy atom. The molecule has 1 aliphatic heterocycles. The van der Waals surface area contributed by atoms with Crippen LogP contribution < -0.4 is 19.7 Å². The summed E-state index contributed by atoms with van der Waals surface area (Å²) in [7, 11) is 3.72. The molecule has 7 heteroatoms. The number of aryl methyl sites for hydroxylation is 1. The van der Waals surface area contributed by atoms with Crippen LogP contribution in [0.1, 0.15) is 11.1 Å². The Morgan fingerprint density at radius 3 is 2.61 bits per heavy atom. The zero-order chi connectivity index (χ0) is 19.9. The van der Waals surface area contributed by atoms with E-state index in [1.165, 1.54) is 0 Å². The van der Waals surface area contributed by atoms with Crippen molar-refractivity contribution in [2.24, 2.45) is 0 Å². The van der Waals surface area contributed by atoms with E-state index >= 15 is 0 Å². The number of amides is 1. The summed E-state index contributed by atoms with van der Waals surface area (Å²) in [5, 5.41) is 2.86. The minimum atomic E-state index is -0.189. The van der Waals surface area contributed by atoms with Gasteiger partial charge < -0.3 is 24.6 Å². The molecule has 2 heterocycles. The zero-order valence-electron chi connectivity index (χ0n) is 16.8. The smallest absolute Gasteiger partial charge is 0.258 e. The maximum Gasteiger partial charge on any atom is 0.258 e. The molecule has 7 nitrogen and oxygen atoms in total. The van der Waals surface area contributed by atoms with Crippen molar-refractivity contribution in [2.75, 3.05) is 51.8 Å². The molecule has 3 rings (SSSR count). The maximum atomic E-state index is 12.1. The largest absolute Gasteiger partial charge is 0.493 e. The molecule has 1 aliphatic rings. The average Bonchev–Trinajstić information content (AvgIpc) is 2.72. The standard InChI is InChI=1S/C21H28N4O3/c1-16-4-6-18(19(12-16)27-3)28-15-21(26)23-14-17-5-7-20(22-13-17)25-10-8-24(2)9-11-25/h4-7,12-13H,8-11,14-15H2,1-3H3,(H,23,26). The van der Waals surface area contributed by atoms with Crippen LogP contribution >= 0.6 is 0 Å². The molecule has 0 saturated carbocycles. The molecule has 0 spiro atoms. The molecule has 0 unspecified atom stereocenters. The number of aromatic nitrogens is 1. The van der Waals surface area contributed by atoms with Gasteiger partial charge in [0.2, 0.25) is 0 Å². The van der Waals surface area contributed by atoms with Gasteiger partial charge in [0, 0.05) is 38.9 Å². The minimum absolute atomic E-state index is 0.0633. The lowest BCUT2D eigenvalue weighted by Gasteiger charge is -2.33. The number of likely N-dealkylation sites (N-methyl/N-ethyl adjacent to an activating group) is 1. The van der Waals surface area contributed by atoms with E-state index in [4.69, 9.17) is 9.47 Å². The van der Waals surface area contributed by atoms with Gasteiger partial charge in [0.1, 0.15) is 5.82 Å². The second-order valence-corrected chi connectivity index (χ2v) is 7.03. The van der Waals surface area contributed by atoms with Crippen molar-refractivity contribution in [1.29, 1.82) is 0 Å². The van der Waals surface area contributed by atoms with Crippen LogP contribution in [0.5, 0.6) is 11.5 Å². The highest BCUT2D eigenvalue weighted by Gasteiger charge is 2.15. The van der Waals surface area contributed by atoms with E-state index in [0.717, 1.165) is 43.1 Å². The highest BCUT2D eigenvalue weighted by molar-refractivity contribution is 5.77. The van der Waals surface area contributed by atoms with Crippen LogP contribution in [-0.2, 0) is 11.3 Å². The van der Waals surface area contributed by atoms with E-state index in [2.05, 4.69) is 27.1 Å². The molecule has 150 valence electrons. The fourth-order valence-electron chi connectivity index (χ4n) is 3.03. The Hall–Kier alpha value is -2.80. The molecular formula is C21H28N4O3. The first kappa shape index (κ1) is 19.9. The highest BCUT2D eigenvalue weighted by Crippen LogP contribution is 2.27. The zero-order valence-corrected chi connectivity index (χ0v) is 16.8. The molecule has 2 aromatic rings. The van der Waals surface area contributed by atoms with Gasteiger partial charge in [-0.3, -0.25) is 4.79 Å². The van der Waals surface area contributed by atoms with E-state index < -0.39 is 0 Å². The summed E-state index contributed by atoms with van der Waals surface area (Å²) < 4.78 is 10.9. The Balaban J connectivity index is 1.45. The Bertz CT molecular complexity index is 787. The van der Waals surface area contributed by atoms with E-state index in [9.17, 15) is 4.79 Å². The number of carbonyl (C=O) groups excluding carboxylic acids is 1. The number of hydrogen-bond acceptors (Lipinski definition) is 6. The van der Waals surface area contributed by atoms with E-state index in [1.807, 2.05) is 43.5 Å². The van der Waals surface area contributed by atoms with E-state index in [-0.39, 0.29) is 12.5 Å². The van der Waals surface area contributed by atoms with Crippen molar-refractivity contribution in [3.63, 3.8) is 0 Å². The Labute approximate surface area is 166 Å². The number of piperazine rings is 1. The van der Waals surface area contributed by atoms with Gasteiger partial charge in [-0.25, -0.2) is 4.98 Å². The molecule has 0 aliphatic carbocycles. The quantitative estimate of drug-likeness (QED) is 0.786. The molecule has 1 aromatic carbocycles. The number of nitrogens with one attached hydrogen (secondary N) is 1. The van der Waals surface area contributed by atoms with Crippen LogP contribution in [0.15, 0.2) is 36.5 Å². The molecule has 0 bridgehead atoms. The van der Waals surface area contributed by atoms with Gasteiger partial charge in [-0.05, 0) is 43.3 Å². The number of methoxy groups -OCH3 is 1. The van der Waals surface area contributed by atoms with Crippen LogP contribution in [-0.4, -0.2) is 62.7 Å². The fraction of sp³-hybridized carbons (Fsp3) is 0.429. The highest BCUT2D eigenvalue weighted by atomic mass is 16.5. The second kappa shape index (κ2) is 9.41. The average molecular weight is 384 g/mol. The summed E-state index contributed by atoms with van der Waals surface area (Å²) in [6, 6.07) is 9.62. The van der Waals surface area contributed by atoms with Crippen molar-refractivity contribution in [1.82, 2.24) is 15.2 Å². The molecule has 1 aromatic heterocycles. The molecule has 1 amide bonds. The lowest BCUT2D eigenvalue weighted by Crippen LogP contribution is -2.44. The summed E-state index contributed by atoms with van der Waals surface area (Å²) in [5.74, 6) is 1.97. The molecule has 0 atom stereocenters. The number of benzene rings is 1. The summed E-state index contributed by atoms with van der Waals surface area (Å²) in [6.45, 7) is 6.40. The molecule has 1 saturated heterocycles. The van der Waals surface area contributed by atoms with Crippen molar-refractivity contribution in [3.05, 3.63) is 47.7 Å². The second-order valence-electron chi connectivity index (χ2n) is 7.03. The monoisotopic (exact) mass is 384 g/mol. The molecule has 1 fully saturated rings. The first-order valence-corrected chi connectivity index (χ1v) is 9.47. The van der Waals surface area contributed by atoms with Gasteiger partial charge in [0.05, 0.1) is 7.11 Å². The SMILES string of the molecule is COc1cc(C)ccc1OCC(=O)NCc1ccc(N2CCN(C)CC2)nc1. The Kier molecular flexibility index (Phi) is 6.71. The van der Waals surface area contributed by atoms with Crippen LogP contribution in [0.4, 0.5) is 5.82 Å². The first-order chi connectivity index (χ1) is 13.5. The summed E-state index contributed by atoms with van der Waals surface area (Å²) in [4.78, 5) is 21.2. The number of nitrogens with zero attached hydrogens (tertiary/aromatic N) is 3. The summed E-state index contributed by atoms with van der Waals surface area (Å²) >= 11 is 0. The maximum absolute atomic E-state index is 12.1. The molecular weight excluding hydrogens is 356 g/mol. The van der Waals surface area contributed by atoms with Gasteiger partial charge in [-0.2, -0.15) is 0 Å². The Morgan fingerprint density at radius 2 is 1.93 bits per heavy atom. The summed E-state index contributed by atoms with van der Waals surface area (Å²) in [6.07, 6.45) is 1.82. The number of rotatable bonds is 7. The summed E-state index contributed by atoms with van der Waals surface area (Å²) in [5.41, 5.74) is 2.03. The van der Waals surface area contributed by atoms with E-state index in [1.54, 1.807) is 7.11 Å². The minimum Gasteiger partial charge on any atom is -0.493 e. The third-order valence-corrected chi connectivity index (χ3v) is 4.80.